The minimum Gasteiger partial charge on any atom is -0.372 e. The van der Waals surface area contributed by atoms with Crippen molar-refractivity contribution in [2.45, 2.75) is 38.3 Å². The molecule has 1 aromatic carbocycles. The molecule has 0 spiro atoms. The second-order valence-electron chi connectivity index (χ2n) is 6.07. The molecule has 2 atom stereocenters. The first-order valence-corrected chi connectivity index (χ1v) is 6.55. The van der Waals surface area contributed by atoms with Crippen molar-refractivity contribution < 1.29 is 23.1 Å². The van der Waals surface area contributed by atoms with Gasteiger partial charge in [-0.2, -0.15) is 13.2 Å². The van der Waals surface area contributed by atoms with E-state index in [0.717, 1.165) is 10.5 Å². The van der Waals surface area contributed by atoms with Crippen LogP contribution in [-0.4, -0.2) is 33.9 Å². The van der Waals surface area contributed by atoms with Crippen molar-refractivity contribution in [3.8, 4) is 0 Å². The third-order valence-corrected chi connectivity index (χ3v) is 4.56. The van der Waals surface area contributed by atoms with Crippen molar-refractivity contribution in [2.24, 2.45) is 5.41 Å². The Kier molecular flexibility index (Phi) is 2.64. The molecule has 2 aliphatic rings. The number of carbonyl (C=O) groups excluding carboxylic acids is 1. The number of hydrogen-bond acceptors (Lipinski definition) is 3. The number of carbonyl (C=O) groups is 1. The van der Waals surface area contributed by atoms with Crippen LogP contribution in [0, 0.1) is 5.41 Å². The number of hydrogen-bond donors (Lipinski definition) is 2. The predicted molar refractivity (Wildman–Crippen MR) is 69.2 cm³/mol. The number of alkyl halides is 3. The number of para-hydroxylation sites is 1. The van der Waals surface area contributed by atoms with Gasteiger partial charge in [-0.25, -0.2) is 0 Å². The first-order chi connectivity index (χ1) is 9.60. The summed E-state index contributed by atoms with van der Waals surface area (Å²) in [5.74, 6) is -1.30. The summed E-state index contributed by atoms with van der Waals surface area (Å²) in [5, 5.41) is 13.1. The highest BCUT2D eigenvalue weighted by atomic mass is 19.4. The Hall–Kier alpha value is -1.76. The standard InChI is InChI=1S/C14H15F3N2O2/c1-12(2)10-18-9-6-4-3-5-8(9)7-19(10)11(20)13(12,21)14(15,16)17/h3-6,10,18,21H,7H2,1-2H3/t10-,13-/m0/s1. The Morgan fingerprint density at radius 3 is 2.57 bits per heavy atom. The molecule has 0 aliphatic carbocycles. The molecule has 1 fully saturated rings. The third-order valence-electron chi connectivity index (χ3n) is 4.56. The monoisotopic (exact) mass is 300 g/mol. The maximum Gasteiger partial charge on any atom is 0.427 e. The van der Waals surface area contributed by atoms with E-state index >= 15 is 0 Å². The number of nitrogens with zero attached hydrogens (tertiary/aromatic N) is 1. The molecule has 2 aliphatic heterocycles. The SMILES string of the molecule is CC1(C)[C@H]2Nc3ccccc3CN2C(=O)[C@@]1(O)C(F)(F)F. The fourth-order valence-electron chi connectivity index (χ4n) is 3.23. The maximum absolute atomic E-state index is 13.3. The Morgan fingerprint density at radius 1 is 1.33 bits per heavy atom. The van der Waals surface area contributed by atoms with Crippen LogP contribution in [0.2, 0.25) is 0 Å². The third kappa shape index (κ3) is 1.58. The van der Waals surface area contributed by atoms with Gasteiger partial charge in [-0.15, -0.1) is 0 Å². The van der Waals surface area contributed by atoms with Crippen molar-refractivity contribution in [3.05, 3.63) is 29.8 Å². The highest BCUT2D eigenvalue weighted by Gasteiger charge is 2.76. The van der Waals surface area contributed by atoms with Crippen LogP contribution in [-0.2, 0) is 11.3 Å². The molecule has 1 saturated heterocycles. The number of rotatable bonds is 0. The highest BCUT2D eigenvalue weighted by Crippen LogP contribution is 2.54. The first kappa shape index (κ1) is 14.2. The summed E-state index contributed by atoms with van der Waals surface area (Å²) in [6.07, 6.45) is -5.94. The minimum atomic E-state index is -5.03. The summed E-state index contributed by atoms with van der Waals surface area (Å²) in [5.41, 5.74) is -3.69. The average molecular weight is 300 g/mol. The van der Waals surface area contributed by atoms with Crippen molar-refractivity contribution in [1.29, 1.82) is 0 Å². The van der Waals surface area contributed by atoms with Crippen molar-refractivity contribution in [1.82, 2.24) is 4.90 Å². The molecule has 4 nitrogen and oxygen atoms in total. The quantitative estimate of drug-likeness (QED) is 0.771. The van der Waals surface area contributed by atoms with Gasteiger partial charge in [0.2, 0.25) is 5.60 Å². The molecule has 0 saturated carbocycles. The Labute approximate surface area is 119 Å². The fraction of sp³-hybridized carbons (Fsp3) is 0.500. The van der Waals surface area contributed by atoms with Crippen molar-refractivity contribution in [3.63, 3.8) is 0 Å². The van der Waals surface area contributed by atoms with Gasteiger partial charge in [-0.1, -0.05) is 32.0 Å². The first-order valence-electron chi connectivity index (χ1n) is 6.55. The lowest BCUT2D eigenvalue weighted by atomic mass is 9.74. The summed E-state index contributed by atoms with van der Waals surface area (Å²) >= 11 is 0. The Balaban J connectivity index is 2.11. The van der Waals surface area contributed by atoms with Gasteiger partial charge in [-0.05, 0) is 11.6 Å². The zero-order valence-electron chi connectivity index (χ0n) is 11.5. The molecule has 1 aromatic rings. The van der Waals surface area contributed by atoms with Gasteiger partial charge in [0.05, 0.1) is 5.41 Å². The predicted octanol–water partition coefficient (Wildman–Crippen LogP) is 2.10. The number of nitrogens with one attached hydrogen (secondary N) is 1. The molecular formula is C14H15F3N2O2. The largest absolute Gasteiger partial charge is 0.427 e. The average Bonchev–Trinajstić information content (AvgIpc) is 2.56. The van der Waals surface area contributed by atoms with Crippen molar-refractivity contribution >= 4 is 11.6 Å². The van der Waals surface area contributed by atoms with Crippen LogP contribution in [0.15, 0.2) is 24.3 Å². The molecule has 7 heteroatoms. The lowest BCUT2D eigenvalue weighted by Gasteiger charge is -2.40. The summed E-state index contributed by atoms with van der Waals surface area (Å²) in [4.78, 5) is 13.3. The molecule has 0 bridgehead atoms. The van der Waals surface area contributed by atoms with Gasteiger partial charge >= 0.3 is 6.18 Å². The van der Waals surface area contributed by atoms with Gasteiger partial charge in [0.15, 0.2) is 0 Å². The zero-order chi connectivity index (χ0) is 15.6. The second-order valence-corrected chi connectivity index (χ2v) is 6.07. The van der Waals surface area contributed by atoms with Gasteiger partial charge in [-0.3, -0.25) is 4.79 Å². The van der Waals surface area contributed by atoms with E-state index in [2.05, 4.69) is 5.32 Å². The lowest BCUT2D eigenvalue weighted by Crippen LogP contribution is -2.59. The summed E-state index contributed by atoms with van der Waals surface area (Å²) in [6, 6.07) is 7.01. The van der Waals surface area contributed by atoms with Crippen LogP contribution in [0.4, 0.5) is 18.9 Å². The molecule has 2 heterocycles. The fourth-order valence-corrected chi connectivity index (χ4v) is 3.23. The number of benzene rings is 1. The summed E-state index contributed by atoms with van der Waals surface area (Å²) in [7, 11) is 0. The number of aliphatic hydroxyl groups is 1. The van der Waals surface area contributed by atoms with Crippen LogP contribution in [0.1, 0.15) is 19.4 Å². The Morgan fingerprint density at radius 2 is 1.95 bits per heavy atom. The topological polar surface area (TPSA) is 52.6 Å². The van der Waals surface area contributed by atoms with Crippen LogP contribution in [0.3, 0.4) is 0 Å². The van der Waals surface area contributed by atoms with Gasteiger partial charge < -0.3 is 15.3 Å². The van der Waals surface area contributed by atoms with Crippen LogP contribution >= 0.6 is 0 Å². The van der Waals surface area contributed by atoms with E-state index in [1.54, 1.807) is 24.3 Å². The molecule has 0 aromatic heterocycles. The number of halogens is 3. The van der Waals surface area contributed by atoms with Crippen LogP contribution in [0.25, 0.3) is 0 Å². The Bertz CT molecular complexity index is 614. The molecule has 1 amide bonds. The number of amides is 1. The number of anilines is 1. The van der Waals surface area contributed by atoms with E-state index in [9.17, 15) is 23.1 Å². The molecule has 0 radical (unpaired) electrons. The lowest BCUT2D eigenvalue weighted by molar-refractivity contribution is -0.275. The normalized spacial score (nSPS) is 30.7. The number of fused-ring (bicyclic) bond motifs is 2. The van der Waals surface area contributed by atoms with E-state index in [0.29, 0.717) is 5.69 Å². The van der Waals surface area contributed by atoms with Crippen LogP contribution in [0.5, 0.6) is 0 Å². The van der Waals surface area contributed by atoms with Gasteiger partial charge in [0.1, 0.15) is 6.17 Å². The molecule has 2 N–H and O–H groups in total. The summed E-state index contributed by atoms with van der Waals surface area (Å²) < 4.78 is 40.0. The van der Waals surface area contributed by atoms with E-state index in [1.165, 1.54) is 13.8 Å². The molecular weight excluding hydrogens is 285 g/mol. The zero-order valence-corrected chi connectivity index (χ0v) is 11.5. The van der Waals surface area contributed by atoms with E-state index in [-0.39, 0.29) is 6.54 Å². The molecule has 3 rings (SSSR count). The van der Waals surface area contributed by atoms with E-state index < -0.39 is 29.3 Å². The molecule has 21 heavy (non-hydrogen) atoms. The smallest absolute Gasteiger partial charge is 0.372 e. The highest BCUT2D eigenvalue weighted by molar-refractivity contribution is 5.91. The summed E-state index contributed by atoms with van der Waals surface area (Å²) in [6.45, 7) is 2.56. The van der Waals surface area contributed by atoms with Crippen molar-refractivity contribution in [2.75, 3.05) is 5.32 Å². The van der Waals surface area contributed by atoms with Crippen LogP contribution < -0.4 is 5.32 Å². The molecule has 0 unspecified atom stereocenters. The second kappa shape index (κ2) is 3.91. The molecule has 114 valence electrons. The van der Waals surface area contributed by atoms with Gasteiger partial charge in [0, 0.05) is 12.2 Å². The maximum atomic E-state index is 13.3. The van der Waals surface area contributed by atoms with E-state index in [1.807, 2.05) is 0 Å². The minimum absolute atomic E-state index is 0.0501. The van der Waals surface area contributed by atoms with E-state index in [4.69, 9.17) is 0 Å². The van der Waals surface area contributed by atoms with Gasteiger partial charge in [0.25, 0.3) is 5.91 Å².